The molecule has 2 rings (SSSR count). The van der Waals surface area contributed by atoms with Crippen molar-refractivity contribution in [2.75, 3.05) is 0 Å². The van der Waals surface area contributed by atoms with E-state index in [1.807, 2.05) is 0 Å². The van der Waals surface area contributed by atoms with Crippen LogP contribution in [0.1, 0.15) is 64.5 Å². The average Bonchev–Trinajstić information content (AvgIpc) is 3.16. The van der Waals surface area contributed by atoms with Gasteiger partial charge < -0.3 is 24.8 Å². The zero-order chi connectivity index (χ0) is 16.6. The molecule has 0 fully saturated rings. The molecule has 24 heavy (non-hydrogen) atoms. The van der Waals surface area contributed by atoms with Gasteiger partial charge in [-0.2, -0.15) is 47.5 Å². The minimum atomic E-state index is 0. The molecule has 0 aliphatic heterocycles. The second-order valence-corrected chi connectivity index (χ2v) is 7.35. The molecule has 0 bridgehead atoms. The molecule has 2 aromatic rings. The molecule has 0 nitrogen and oxygen atoms in total. The predicted molar refractivity (Wildman–Crippen MR) is 97.6 cm³/mol. The van der Waals surface area contributed by atoms with Crippen molar-refractivity contribution in [2.45, 2.75) is 66.2 Å². The smallest absolute Gasteiger partial charge is 1.00 e. The maximum Gasteiger partial charge on any atom is -1.00 e. The Labute approximate surface area is 173 Å². The van der Waals surface area contributed by atoms with Crippen LogP contribution in [0.4, 0.5) is 0 Å². The van der Waals surface area contributed by atoms with E-state index in [9.17, 15) is 0 Å². The van der Waals surface area contributed by atoms with Gasteiger partial charge in [-0.15, -0.1) is 0 Å². The van der Waals surface area contributed by atoms with E-state index >= 15 is 0 Å². The first kappa shape index (κ1) is 28.7. The molecule has 0 radical (unpaired) electrons. The van der Waals surface area contributed by atoms with E-state index in [1.54, 1.807) is 0 Å². The third kappa shape index (κ3) is 19.9. The maximum atomic E-state index is 2.23. The largest absolute Gasteiger partial charge is 1.00 e. The van der Waals surface area contributed by atoms with E-state index in [0.29, 0.717) is 0 Å². The van der Waals surface area contributed by atoms with Gasteiger partial charge in [0.1, 0.15) is 0 Å². The van der Waals surface area contributed by atoms with Crippen LogP contribution in [0, 0.1) is 0 Å². The Hall–Kier alpha value is -0.136. The van der Waals surface area contributed by atoms with E-state index in [0.717, 1.165) is 0 Å². The van der Waals surface area contributed by atoms with Gasteiger partial charge in [-0.1, -0.05) is 52.4 Å². The van der Waals surface area contributed by atoms with Crippen molar-refractivity contribution >= 4 is 3.81 Å². The van der Waals surface area contributed by atoms with Crippen LogP contribution in [0.15, 0.2) is 48.5 Å². The molecule has 0 heterocycles. The SMILES string of the molecule is CCCCc1cc[cH-]c1.CCCCc1cc[cH-]c1.C[C](C)=[Ti+2].[Cl-].[Cl-]. The second kappa shape index (κ2) is 20.9. The summed E-state index contributed by atoms with van der Waals surface area (Å²) in [5.74, 6) is 0. The Bertz CT molecular complexity index is 402. The van der Waals surface area contributed by atoms with Gasteiger partial charge in [0.2, 0.25) is 0 Å². The fraction of sp³-hybridized carbons (Fsp3) is 0.476. The van der Waals surface area contributed by atoms with Crippen LogP contribution in [-0.4, -0.2) is 3.81 Å². The van der Waals surface area contributed by atoms with Crippen LogP contribution >= 0.6 is 0 Å². The van der Waals surface area contributed by atoms with Crippen LogP contribution in [0.5, 0.6) is 0 Å². The molecule has 136 valence electrons. The molecule has 0 saturated carbocycles. The zero-order valence-corrected chi connectivity index (χ0v) is 18.7. The van der Waals surface area contributed by atoms with Crippen molar-refractivity contribution < 1.29 is 44.8 Å². The first-order chi connectivity index (χ1) is 10.6. The molecule has 0 N–H and O–H groups in total. The van der Waals surface area contributed by atoms with E-state index in [1.165, 1.54) is 53.5 Å². The van der Waals surface area contributed by atoms with Crippen molar-refractivity contribution in [2.24, 2.45) is 0 Å². The summed E-state index contributed by atoms with van der Waals surface area (Å²) in [7, 11) is 0. The van der Waals surface area contributed by atoms with Crippen LogP contribution in [0.2, 0.25) is 0 Å². The Morgan fingerprint density at radius 3 is 1.38 bits per heavy atom. The molecule has 2 aromatic carbocycles. The molecule has 0 unspecified atom stereocenters. The van der Waals surface area contributed by atoms with Crippen molar-refractivity contribution in [1.29, 1.82) is 0 Å². The van der Waals surface area contributed by atoms with Crippen LogP contribution < -0.4 is 24.8 Å². The van der Waals surface area contributed by atoms with Crippen molar-refractivity contribution in [3.05, 3.63) is 59.7 Å². The molecular formula is C21H32Cl2Ti-2. The molecule has 0 aliphatic rings. The molecular weight excluding hydrogens is 371 g/mol. The minimum absolute atomic E-state index is 0. The predicted octanol–water partition coefficient (Wildman–Crippen LogP) is 0.250. The Balaban J connectivity index is -0.000000283. The zero-order valence-electron chi connectivity index (χ0n) is 15.6. The summed E-state index contributed by atoms with van der Waals surface area (Å²) in [6.07, 6.45) is 7.75. The Kier molecular flexibility index (Phi) is 25.0. The van der Waals surface area contributed by atoms with Gasteiger partial charge in [-0.05, 0) is 0 Å². The number of unbranched alkanes of at least 4 members (excludes halogenated alkanes) is 2. The van der Waals surface area contributed by atoms with Crippen molar-refractivity contribution in [3.8, 4) is 0 Å². The topological polar surface area (TPSA) is 0 Å². The van der Waals surface area contributed by atoms with Gasteiger partial charge in [0.15, 0.2) is 0 Å². The van der Waals surface area contributed by atoms with E-state index in [-0.39, 0.29) is 24.8 Å². The quantitative estimate of drug-likeness (QED) is 0.480. The summed E-state index contributed by atoms with van der Waals surface area (Å²) in [5.41, 5.74) is 2.97. The van der Waals surface area contributed by atoms with Gasteiger partial charge in [0, 0.05) is 0 Å². The fourth-order valence-electron chi connectivity index (χ4n) is 1.92. The number of hydrogen-bond donors (Lipinski definition) is 0. The van der Waals surface area contributed by atoms with Gasteiger partial charge in [-0.3, -0.25) is 0 Å². The second-order valence-electron chi connectivity index (χ2n) is 5.79. The van der Waals surface area contributed by atoms with Gasteiger partial charge in [-0.25, -0.2) is 12.1 Å². The van der Waals surface area contributed by atoms with Gasteiger partial charge in [0.25, 0.3) is 0 Å². The third-order valence-electron chi connectivity index (χ3n) is 3.10. The molecule has 3 heteroatoms. The first-order valence-corrected chi connectivity index (χ1v) is 9.31. The number of aryl methyl sites for hydroxylation is 2. The molecule has 0 aromatic heterocycles. The summed E-state index contributed by atoms with van der Waals surface area (Å²) >= 11 is 2.08. The van der Waals surface area contributed by atoms with Crippen LogP contribution in [0.25, 0.3) is 0 Å². The summed E-state index contributed by atoms with van der Waals surface area (Å²) in [6.45, 7) is 8.62. The molecule has 0 amide bonds. The third-order valence-corrected chi connectivity index (χ3v) is 3.10. The summed E-state index contributed by atoms with van der Waals surface area (Å²) in [6, 6.07) is 17.2. The monoisotopic (exact) mass is 402 g/mol. The molecule has 0 aliphatic carbocycles. The van der Waals surface area contributed by atoms with Crippen molar-refractivity contribution in [1.82, 2.24) is 0 Å². The van der Waals surface area contributed by atoms with E-state index < -0.39 is 0 Å². The Morgan fingerprint density at radius 1 is 0.833 bits per heavy atom. The molecule has 0 atom stereocenters. The van der Waals surface area contributed by atoms with Crippen LogP contribution in [-0.2, 0) is 32.8 Å². The minimum Gasteiger partial charge on any atom is -1.00 e. The van der Waals surface area contributed by atoms with E-state index in [2.05, 4.69) is 96.2 Å². The Morgan fingerprint density at radius 2 is 1.17 bits per heavy atom. The normalized spacial score (nSPS) is 8.58. The fourth-order valence-corrected chi connectivity index (χ4v) is 1.92. The van der Waals surface area contributed by atoms with Crippen LogP contribution in [0.3, 0.4) is 0 Å². The maximum absolute atomic E-state index is 2.23. The van der Waals surface area contributed by atoms with Gasteiger partial charge >= 0.3 is 37.6 Å². The first-order valence-electron chi connectivity index (χ1n) is 8.53. The standard InChI is InChI=1S/2C9H13.C3H6.2ClH.Ti/c2*1-2-3-6-9-7-4-5-8-9;1-3-2;;;/h2*4-5,7-8H,2-3,6H2,1H3;1-2H3;2*1H;/q2*-1;;;;+2/p-2. The van der Waals surface area contributed by atoms with Gasteiger partial charge in [0.05, 0.1) is 0 Å². The summed E-state index contributed by atoms with van der Waals surface area (Å²) in [5, 5.41) is 0. The van der Waals surface area contributed by atoms with E-state index in [4.69, 9.17) is 0 Å². The summed E-state index contributed by atoms with van der Waals surface area (Å²) < 4.78 is 1.42. The number of halogens is 2. The number of rotatable bonds is 6. The molecule has 0 saturated heterocycles. The summed E-state index contributed by atoms with van der Waals surface area (Å²) in [4.78, 5) is 0. The average molecular weight is 403 g/mol. The van der Waals surface area contributed by atoms with Crippen molar-refractivity contribution in [3.63, 3.8) is 0 Å². The molecule has 0 spiro atoms. The number of hydrogen-bond acceptors (Lipinski definition) is 0.